The molecule has 7 aromatic carbocycles. The van der Waals surface area contributed by atoms with Crippen LogP contribution in [0.3, 0.4) is 0 Å². The Bertz CT molecular complexity index is 3150. The molecule has 1 unspecified atom stereocenters. The zero-order valence-electron chi connectivity index (χ0n) is 31.4. The first-order valence-corrected chi connectivity index (χ1v) is 19.2. The Morgan fingerprint density at radius 1 is 0.466 bits per heavy atom. The average molecular weight is 748 g/mol. The van der Waals surface area contributed by atoms with Crippen LogP contribution in [0.4, 0.5) is 0 Å². The van der Waals surface area contributed by atoms with Crippen LogP contribution in [0.25, 0.3) is 89.6 Å². The highest BCUT2D eigenvalue weighted by atomic mass is 16.5. The van der Waals surface area contributed by atoms with Gasteiger partial charge in [-0.05, 0) is 58.5 Å². The van der Waals surface area contributed by atoms with E-state index < -0.39 is 5.60 Å². The van der Waals surface area contributed by atoms with Crippen LogP contribution in [0, 0.1) is 0 Å². The Labute approximate surface area is 334 Å². The van der Waals surface area contributed by atoms with Crippen LogP contribution >= 0.6 is 0 Å². The standard InChI is InChI=1S/C51H33N5O2/c1-51(39-12-6-3-7-13-39)44-15-9-8-14-40(44)41-26-24-37(28-46(41)58-51)34-18-22-36(23-19-34)48-54-47(35-20-16-33(17-21-35)32-10-4-2-5-11-32)55-49(56-48)38-25-27-42-43-30-52-31-53-50(43)57-45(42)29-38/h2-31H,1H3. The van der Waals surface area contributed by atoms with E-state index in [-0.39, 0.29) is 0 Å². The SMILES string of the molecule is CC1(c2ccccc2)Oc2cc(-c3ccc(-c4nc(-c5ccc(-c6ccccc6)cc5)nc(-c5ccc6c(c5)oc5ncncc56)n4)cc3)ccc2-c2ccccc21. The lowest BCUT2D eigenvalue weighted by atomic mass is 9.80. The molecule has 58 heavy (non-hydrogen) atoms. The predicted molar refractivity (Wildman–Crippen MR) is 229 cm³/mol. The lowest BCUT2D eigenvalue weighted by molar-refractivity contribution is 0.129. The van der Waals surface area contributed by atoms with Crippen molar-refractivity contribution < 1.29 is 9.15 Å². The lowest BCUT2D eigenvalue weighted by Crippen LogP contribution is -2.34. The largest absolute Gasteiger partial charge is 0.477 e. The number of ether oxygens (including phenoxy) is 1. The van der Waals surface area contributed by atoms with Crippen molar-refractivity contribution in [1.82, 2.24) is 24.9 Å². The van der Waals surface area contributed by atoms with E-state index >= 15 is 0 Å². The van der Waals surface area contributed by atoms with E-state index in [1.54, 1.807) is 6.20 Å². The number of rotatable bonds is 6. The summed E-state index contributed by atoms with van der Waals surface area (Å²) in [5.41, 5.74) is 12.1. The molecule has 0 saturated carbocycles. The molecule has 0 bridgehead atoms. The van der Waals surface area contributed by atoms with Crippen LogP contribution in [0.2, 0.25) is 0 Å². The smallest absolute Gasteiger partial charge is 0.230 e. The van der Waals surface area contributed by atoms with Gasteiger partial charge in [-0.15, -0.1) is 0 Å². The number of hydrogen-bond acceptors (Lipinski definition) is 7. The molecule has 274 valence electrons. The second-order valence-corrected chi connectivity index (χ2v) is 14.6. The second kappa shape index (κ2) is 13.5. The molecule has 3 aromatic heterocycles. The first-order valence-electron chi connectivity index (χ1n) is 19.2. The number of furan rings is 1. The average Bonchev–Trinajstić information content (AvgIpc) is 3.67. The van der Waals surface area contributed by atoms with Crippen LogP contribution in [0.1, 0.15) is 18.1 Å². The van der Waals surface area contributed by atoms with Gasteiger partial charge in [-0.1, -0.05) is 152 Å². The first kappa shape index (κ1) is 33.6. The van der Waals surface area contributed by atoms with Crippen molar-refractivity contribution in [3.63, 3.8) is 0 Å². The normalized spacial score (nSPS) is 14.5. The third-order valence-corrected chi connectivity index (χ3v) is 11.1. The highest BCUT2D eigenvalue weighted by Gasteiger charge is 2.38. The van der Waals surface area contributed by atoms with E-state index in [1.165, 1.54) is 11.9 Å². The minimum Gasteiger partial charge on any atom is -0.477 e. The molecule has 7 heteroatoms. The molecule has 4 heterocycles. The number of benzene rings is 7. The number of fused-ring (bicyclic) bond motifs is 6. The van der Waals surface area contributed by atoms with Gasteiger partial charge in [0.25, 0.3) is 0 Å². The third-order valence-electron chi connectivity index (χ3n) is 11.1. The summed E-state index contributed by atoms with van der Waals surface area (Å²) < 4.78 is 13.0. The molecule has 0 spiro atoms. The summed E-state index contributed by atoms with van der Waals surface area (Å²) in [4.78, 5) is 23.6. The molecule has 0 radical (unpaired) electrons. The number of aromatic nitrogens is 5. The molecule has 0 saturated heterocycles. The maximum absolute atomic E-state index is 6.93. The molecule has 0 N–H and O–H groups in total. The fourth-order valence-electron chi connectivity index (χ4n) is 8.06. The van der Waals surface area contributed by atoms with E-state index in [2.05, 4.69) is 144 Å². The van der Waals surface area contributed by atoms with Gasteiger partial charge < -0.3 is 9.15 Å². The Kier molecular flexibility index (Phi) is 7.79. The van der Waals surface area contributed by atoms with E-state index in [1.807, 2.05) is 42.5 Å². The molecule has 7 nitrogen and oxygen atoms in total. The van der Waals surface area contributed by atoms with E-state index in [9.17, 15) is 0 Å². The van der Waals surface area contributed by atoms with E-state index in [0.29, 0.717) is 28.8 Å². The predicted octanol–water partition coefficient (Wildman–Crippen LogP) is 12.2. The van der Waals surface area contributed by atoms with E-state index in [0.717, 1.165) is 72.2 Å². The first-order chi connectivity index (χ1) is 28.6. The van der Waals surface area contributed by atoms with Gasteiger partial charge in [-0.25, -0.2) is 24.9 Å². The van der Waals surface area contributed by atoms with Gasteiger partial charge in [-0.3, -0.25) is 0 Å². The lowest BCUT2D eigenvalue weighted by Gasteiger charge is -2.38. The fourth-order valence-corrected chi connectivity index (χ4v) is 8.06. The van der Waals surface area contributed by atoms with Gasteiger partial charge in [0.2, 0.25) is 5.71 Å². The van der Waals surface area contributed by atoms with Gasteiger partial charge in [0.15, 0.2) is 23.1 Å². The molecular formula is C51H33N5O2. The van der Waals surface area contributed by atoms with Crippen LogP contribution in [0.15, 0.2) is 187 Å². The molecule has 1 aliphatic rings. The van der Waals surface area contributed by atoms with Gasteiger partial charge in [0, 0.05) is 39.4 Å². The summed E-state index contributed by atoms with van der Waals surface area (Å²) in [6.45, 7) is 2.16. The molecule has 0 amide bonds. The highest BCUT2D eigenvalue weighted by molar-refractivity contribution is 6.04. The zero-order chi connectivity index (χ0) is 38.6. The molecule has 1 aliphatic heterocycles. The maximum Gasteiger partial charge on any atom is 0.230 e. The van der Waals surface area contributed by atoms with Gasteiger partial charge in [-0.2, -0.15) is 0 Å². The van der Waals surface area contributed by atoms with Crippen LogP contribution < -0.4 is 4.74 Å². The summed E-state index contributed by atoms with van der Waals surface area (Å²) in [7, 11) is 0. The second-order valence-electron chi connectivity index (χ2n) is 14.6. The van der Waals surface area contributed by atoms with Gasteiger partial charge in [0.05, 0.1) is 5.39 Å². The molecule has 0 fully saturated rings. The minimum atomic E-state index is -0.633. The molecular weight excluding hydrogens is 715 g/mol. The topological polar surface area (TPSA) is 86.8 Å². The quantitative estimate of drug-likeness (QED) is 0.167. The van der Waals surface area contributed by atoms with Gasteiger partial charge in [0.1, 0.15) is 17.7 Å². The summed E-state index contributed by atoms with van der Waals surface area (Å²) in [6.07, 6.45) is 3.26. The highest BCUT2D eigenvalue weighted by Crippen LogP contribution is 2.49. The van der Waals surface area contributed by atoms with Crippen molar-refractivity contribution >= 4 is 22.1 Å². The summed E-state index contributed by atoms with van der Waals surface area (Å²) in [5, 5.41) is 1.79. The Morgan fingerprint density at radius 3 is 1.76 bits per heavy atom. The van der Waals surface area contributed by atoms with Crippen molar-refractivity contribution in [3.8, 4) is 73.3 Å². The summed E-state index contributed by atoms with van der Waals surface area (Å²) in [5.74, 6) is 2.54. The summed E-state index contributed by atoms with van der Waals surface area (Å²) >= 11 is 0. The Morgan fingerprint density at radius 2 is 1.03 bits per heavy atom. The van der Waals surface area contributed by atoms with Crippen molar-refractivity contribution in [2.24, 2.45) is 0 Å². The van der Waals surface area contributed by atoms with Gasteiger partial charge >= 0.3 is 0 Å². The molecule has 10 aromatic rings. The van der Waals surface area contributed by atoms with Crippen molar-refractivity contribution in [2.75, 3.05) is 0 Å². The number of nitrogens with zero attached hydrogens (tertiary/aromatic N) is 5. The Balaban J connectivity index is 0.976. The molecule has 1 atom stereocenters. The minimum absolute atomic E-state index is 0.540. The fraction of sp³-hybridized carbons (Fsp3) is 0.0392. The van der Waals surface area contributed by atoms with Crippen LogP contribution in [-0.2, 0) is 5.60 Å². The van der Waals surface area contributed by atoms with Crippen LogP contribution in [0.5, 0.6) is 5.75 Å². The Hall–Kier alpha value is -7.77. The monoisotopic (exact) mass is 747 g/mol. The molecule has 0 aliphatic carbocycles. The maximum atomic E-state index is 6.93. The van der Waals surface area contributed by atoms with Crippen molar-refractivity contribution in [3.05, 3.63) is 194 Å². The zero-order valence-corrected chi connectivity index (χ0v) is 31.4. The van der Waals surface area contributed by atoms with E-state index in [4.69, 9.17) is 24.1 Å². The summed E-state index contributed by atoms with van der Waals surface area (Å²) in [6, 6.07) is 58.5. The van der Waals surface area contributed by atoms with Crippen molar-refractivity contribution in [1.29, 1.82) is 0 Å². The number of hydrogen-bond donors (Lipinski definition) is 0. The molecule has 11 rings (SSSR count). The van der Waals surface area contributed by atoms with Crippen LogP contribution in [-0.4, -0.2) is 24.9 Å². The van der Waals surface area contributed by atoms with Crippen molar-refractivity contribution in [2.45, 2.75) is 12.5 Å². The third kappa shape index (κ3) is 5.71.